The summed E-state index contributed by atoms with van der Waals surface area (Å²) < 4.78 is 0. The van der Waals surface area contributed by atoms with Gasteiger partial charge in [-0.15, -0.1) is 0 Å². The lowest BCUT2D eigenvalue weighted by molar-refractivity contribution is 0.469. The molecule has 0 aliphatic heterocycles. The Labute approximate surface area is 182 Å². The van der Waals surface area contributed by atoms with Gasteiger partial charge in [0.2, 0.25) is 0 Å². The lowest BCUT2D eigenvalue weighted by atomic mass is 9.82. The van der Waals surface area contributed by atoms with Crippen LogP contribution < -0.4 is 0 Å². The third-order valence-corrected chi connectivity index (χ3v) is 2.62. The van der Waals surface area contributed by atoms with Crippen LogP contribution in [0.15, 0.2) is 24.3 Å². The van der Waals surface area contributed by atoms with Gasteiger partial charge in [-0.3, -0.25) is 0 Å². The van der Waals surface area contributed by atoms with Crippen molar-refractivity contribution in [3.63, 3.8) is 0 Å². The Morgan fingerprint density at radius 1 is 0.393 bits per heavy atom. The van der Waals surface area contributed by atoms with Gasteiger partial charge in [-0.2, -0.15) is 0 Å². The third kappa shape index (κ3) is 32.9. The van der Waals surface area contributed by atoms with Gasteiger partial charge in [0.15, 0.2) is 0 Å². The van der Waals surface area contributed by atoms with Gasteiger partial charge in [0.25, 0.3) is 0 Å². The fourth-order valence-corrected chi connectivity index (χ4v) is 1.47. The molecule has 0 atom stereocenters. The number of hydrogen-bond donors (Lipinski definition) is 0. The summed E-state index contributed by atoms with van der Waals surface area (Å²) in [5.74, 6) is 0. The van der Waals surface area contributed by atoms with Crippen molar-refractivity contribution in [1.29, 1.82) is 0 Å². The highest BCUT2D eigenvalue weighted by Crippen LogP contribution is 2.26. The SMILES string of the molecule is C.C.CC.CC(C)(C)C.CC(C)(C)C.CC(C)(C)c1ccc(C(C)(C)C)cc1. The van der Waals surface area contributed by atoms with Crippen molar-refractivity contribution >= 4 is 0 Å². The van der Waals surface area contributed by atoms with E-state index >= 15 is 0 Å². The lowest BCUT2D eigenvalue weighted by Gasteiger charge is -2.23. The molecule has 0 amide bonds. The molecule has 0 bridgehead atoms. The molecule has 1 aromatic rings. The minimum absolute atomic E-state index is 0. The maximum Gasteiger partial charge on any atom is -0.0132 e. The molecule has 28 heavy (non-hydrogen) atoms. The van der Waals surface area contributed by atoms with Gasteiger partial charge in [0.1, 0.15) is 0 Å². The molecule has 0 spiro atoms. The van der Waals surface area contributed by atoms with Gasteiger partial charge in [-0.1, -0.05) is 150 Å². The fourth-order valence-electron chi connectivity index (χ4n) is 1.47. The normalized spacial score (nSPS) is 11.0. The molecule has 0 saturated carbocycles. The predicted molar refractivity (Wildman–Crippen MR) is 139 cm³/mol. The van der Waals surface area contributed by atoms with Crippen LogP contribution in [-0.4, -0.2) is 0 Å². The van der Waals surface area contributed by atoms with Crippen molar-refractivity contribution in [2.45, 2.75) is 136 Å². The van der Waals surface area contributed by atoms with Gasteiger partial charge in [-0.25, -0.2) is 0 Å². The maximum absolute atomic E-state index is 2.25. The van der Waals surface area contributed by atoms with Crippen LogP contribution in [0.1, 0.15) is 137 Å². The first-order valence-corrected chi connectivity index (χ1v) is 10.3. The van der Waals surface area contributed by atoms with Crippen molar-refractivity contribution in [2.75, 3.05) is 0 Å². The highest BCUT2D eigenvalue weighted by Gasteiger charge is 2.16. The zero-order valence-electron chi connectivity index (χ0n) is 21.3. The second-order valence-electron chi connectivity index (χ2n) is 12.1. The number of hydrogen-bond acceptors (Lipinski definition) is 0. The summed E-state index contributed by atoms with van der Waals surface area (Å²) in [5.41, 5.74) is 4.34. The molecule has 0 radical (unpaired) electrons. The summed E-state index contributed by atoms with van der Waals surface area (Å²) in [6, 6.07) is 9.00. The van der Waals surface area contributed by atoms with E-state index in [2.05, 4.69) is 121 Å². The Kier molecular flexibility index (Phi) is 20.5. The molecule has 0 nitrogen and oxygen atoms in total. The molecule has 0 saturated heterocycles. The van der Waals surface area contributed by atoms with Crippen molar-refractivity contribution in [3.05, 3.63) is 35.4 Å². The first-order valence-electron chi connectivity index (χ1n) is 10.3. The van der Waals surface area contributed by atoms with E-state index in [1.807, 2.05) is 13.8 Å². The van der Waals surface area contributed by atoms with Crippen LogP contribution in [-0.2, 0) is 10.8 Å². The minimum atomic E-state index is 0. The van der Waals surface area contributed by atoms with Crippen LogP contribution in [0.4, 0.5) is 0 Å². The van der Waals surface area contributed by atoms with E-state index < -0.39 is 0 Å². The molecular formula is C28H60. The summed E-state index contributed by atoms with van der Waals surface area (Å²) in [6.07, 6.45) is 0. The molecule has 0 N–H and O–H groups in total. The Balaban J connectivity index is -0.000000106. The van der Waals surface area contributed by atoms with Gasteiger partial charge < -0.3 is 0 Å². The van der Waals surface area contributed by atoms with Crippen molar-refractivity contribution < 1.29 is 0 Å². The zero-order valence-corrected chi connectivity index (χ0v) is 21.3. The third-order valence-electron chi connectivity index (χ3n) is 2.62. The smallest absolute Gasteiger partial charge is 0.0132 e. The van der Waals surface area contributed by atoms with E-state index in [9.17, 15) is 0 Å². The van der Waals surface area contributed by atoms with E-state index in [0.717, 1.165) is 0 Å². The van der Waals surface area contributed by atoms with E-state index in [-0.39, 0.29) is 25.7 Å². The number of benzene rings is 1. The quantitative estimate of drug-likeness (QED) is 0.409. The van der Waals surface area contributed by atoms with Crippen LogP contribution in [0, 0.1) is 10.8 Å². The summed E-state index contributed by atoms with van der Waals surface area (Å²) in [6.45, 7) is 35.0. The van der Waals surface area contributed by atoms with Crippen LogP contribution in [0.25, 0.3) is 0 Å². The van der Waals surface area contributed by atoms with E-state index in [0.29, 0.717) is 10.8 Å². The van der Waals surface area contributed by atoms with Gasteiger partial charge in [0, 0.05) is 0 Å². The Morgan fingerprint density at radius 2 is 0.500 bits per heavy atom. The molecule has 0 unspecified atom stereocenters. The topological polar surface area (TPSA) is 0 Å². The minimum Gasteiger partial charge on any atom is -0.0776 e. The summed E-state index contributed by atoms with van der Waals surface area (Å²) in [7, 11) is 0. The Bertz CT molecular complexity index is 376. The van der Waals surface area contributed by atoms with Crippen LogP contribution >= 0.6 is 0 Å². The standard InChI is InChI=1S/C14H22.2C5H12.C2H6.2CH4/c1-13(2,3)11-7-9-12(10-8-11)14(4,5)6;2*1-5(2,3)4;1-2;;/h7-10H,1-6H3;2*1-4H3;1-2H3;2*1H4. The molecule has 0 aromatic heterocycles. The highest BCUT2D eigenvalue weighted by molar-refractivity contribution is 5.30. The van der Waals surface area contributed by atoms with Gasteiger partial charge >= 0.3 is 0 Å². The van der Waals surface area contributed by atoms with Crippen LogP contribution in [0.3, 0.4) is 0 Å². The van der Waals surface area contributed by atoms with E-state index in [4.69, 9.17) is 0 Å². The van der Waals surface area contributed by atoms with E-state index in [1.54, 1.807) is 0 Å². The Hall–Kier alpha value is -0.780. The zero-order chi connectivity index (χ0) is 22.0. The molecule has 1 rings (SSSR count). The van der Waals surface area contributed by atoms with Gasteiger partial charge in [-0.05, 0) is 32.8 Å². The summed E-state index contributed by atoms with van der Waals surface area (Å²) in [4.78, 5) is 0. The van der Waals surface area contributed by atoms with Crippen molar-refractivity contribution in [2.24, 2.45) is 10.8 Å². The molecule has 0 heterocycles. The average Bonchev–Trinajstić information content (AvgIpc) is 2.35. The molecule has 0 aliphatic carbocycles. The molecule has 1 aromatic carbocycles. The average molecular weight is 397 g/mol. The predicted octanol–water partition coefficient (Wildman–Crippen LogP) is 10.7. The lowest BCUT2D eigenvalue weighted by Crippen LogP contribution is -2.14. The van der Waals surface area contributed by atoms with Crippen molar-refractivity contribution in [1.82, 2.24) is 0 Å². The van der Waals surface area contributed by atoms with Crippen LogP contribution in [0.2, 0.25) is 0 Å². The molecule has 0 heteroatoms. The molecule has 172 valence electrons. The second kappa shape index (κ2) is 15.1. The maximum atomic E-state index is 2.25. The monoisotopic (exact) mass is 396 g/mol. The molecule has 0 aliphatic rings. The largest absolute Gasteiger partial charge is 0.0776 e. The van der Waals surface area contributed by atoms with Gasteiger partial charge in [0.05, 0.1) is 0 Å². The van der Waals surface area contributed by atoms with Crippen molar-refractivity contribution in [3.8, 4) is 0 Å². The number of rotatable bonds is 0. The Morgan fingerprint density at radius 3 is 0.571 bits per heavy atom. The first kappa shape index (κ1) is 37.9. The van der Waals surface area contributed by atoms with Crippen LogP contribution in [0.5, 0.6) is 0 Å². The highest BCUT2D eigenvalue weighted by atomic mass is 14.2. The summed E-state index contributed by atoms with van der Waals surface area (Å²) in [5, 5.41) is 0. The molecular weight excluding hydrogens is 336 g/mol. The first-order chi connectivity index (χ1) is 11.2. The second-order valence-corrected chi connectivity index (χ2v) is 12.1. The summed E-state index contributed by atoms with van der Waals surface area (Å²) >= 11 is 0. The fraction of sp³-hybridized carbons (Fsp3) is 0.786. The molecule has 0 fully saturated rings. The van der Waals surface area contributed by atoms with E-state index in [1.165, 1.54) is 11.1 Å².